The number of benzene rings is 1. The van der Waals surface area contributed by atoms with Crippen LogP contribution in [0.2, 0.25) is 0 Å². The van der Waals surface area contributed by atoms with Crippen LogP contribution in [-0.4, -0.2) is 29.4 Å². The maximum absolute atomic E-state index is 13.0. The molecule has 0 bridgehead atoms. The van der Waals surface area contributed by atoms with Crippen molar-refractivity contribution >= 4 is 5.97 Å². The van der Waals surface area contributed by atoms with Gasteiger partial charge in [0.25, 0.3) is 0 Å². The first-order valence-corrected chi connectivity index (χ1v) is 5.36. The highest BCUT2D eigenvalue weighted by Gasteiger charge is 2.42. The molecule has 0 aromatic heterocycles. The summed E-state index contributed by atoms with van der Waals surface area (Å²) in [6.07, 6.45) is 0.654. The fourth-order valence-electron chi connectivity index (χ4n) is 2.16. The molecule has 1 aliphatic rings. The molecule has 1 aromatic carbocycles. The topological polar surface area (TPSA) is 66.8 Å². The van der Waals surface area contributed by atoms with Crippen LogP contribution in [0.3, 0.4) is 0 Å². The van der Waals surface area contributed by atoms with Crippen molar-refractivity contribution in [3.05, 3.63) is 29.6 Å². The Morgan fingerprint density at radius 3 is 2.53 bits per heavy atom. The minimum Gasteiger partial charge on any atom is -0.505 e. The van der Waals surface area contributed by atoms with E-state index in [1.54, 1.807) is 0 Å². The molecule has 1 saturated heterocycles. The van der Waals surface area contributed by atoms with Crippen molar-refractivity contribution in [3.63, 3.8) is 0 Å². The van der Waals surface area contributed by atoms with Gasteiger partial charge in [-0.05, 0) is 30.5 Å². The van der Waals surface area contributed by atoms with E-state index in [1.807, 2.05) is 0 Å². The van der Waals surface area contributed by atoms with Crippen molar-refractivity contribution < 1.29 is 24.1 Å². The summed E-state index contributed by atoms with van der Waals surface area (Å²) in [4.78, 5) is 11.4. The van der Waals surface area contributed by atoms with E-state index in [1.165, 1.54) is 12.1 Å². The summed E-state index contributed by atoms with van der Waals surface area (Å²) < 4.78 is 18.1. The number of hydrogen-bond donors (Lipinski definition) is 2. The zero-order valence-electron chi connectivity index (χ0n) is 9.15. The number of hydrogen-bond acceptors (Lipinski definition) is 3. The molecule has 0 amide bonds. The van der Waals surface area contributed by atoms with Crippen LogP contribution in [0, 0.1) is 5.82 Å². The zero-order chi connectivity index (χ0) is 12.5. The van der Waals surface area contributed by atoms with E-state index in [2.05, 4.69) is 0 Å². The third kappa shape index (κ3) is 1.98. The molecule has 4 nitrogen and oxygen atoms in total. The summed E-state index contributed by atoms with van der Waals surface area (Å²) in [5.74, 6) is -2.23. The molecule has 5 heteroatoms. The van der Waals surface area contributed by atoms with Gasteiger partial charge in [0.2, 0.25) is 0 Å². The Labute approximate surface area is 97.6 Å². The molecule has 1 fully saturated rings. The second-order valence-corrected chi connectivity index (χ2v) is 4.17. The fourth-order valence-corrected chi connectivity index (χ4v) is 2.16. The summed E-state index contributed by atoms with van der Waals surface area (Å²) in [6, 6.07) is 3.69. The van der Waals surface area contributed by atoms with Crippen LogP contribution >= 0.6 is 0 Å². The predicted octanol–water partition coefficient (Wildman–Crippen LogP) is 1.66. The summed E-state index contributed by atoms with van der Waals surface area (Å²) in [5, 5.41) is 18.7. The van der Waals surface area contributed by atoms with Crippen LogP contribution in [0.4, 0.5) is 4.39 Å². The van der Waals surface area contributed by atoms with E-state index < -0.39 is 23.0 Å². The Hall–Kier alpha value is -1.62. The van der Waals surface area contributed by atoms with Crippen LogP contribution in [-0.2, 0) is 14.9 Å². The quantitative estimate of drug-likeness (QED) is 0.825. The van der Waals surface area contributed by atoms with Crippen LogP contribution < -0.4 is 0 Å². The minimum atomic E-state index is -1.08. The number of rotatable bonds is 2. The summed E-state index contributed by atoms with van der Waals surface area (Å²) in [7, 11) is 0. The lowest BCUT2D eigenvalue weighted by molar-refractivity contribution is -0.147. The van der Waals surface area contributed by atoms with Crippen molar-refractivity contribution in [1.82, 2.24) is 0 Å². The average molecular weight is 240 g/mol. The molecule has 0 radical (unpaired) electrons. The van der Waals surface area contributed by atoms with Crippen molar-refractivity contribution in [1.29, 1.82) is 0 Å². The summed E-state index contributed by atoms with van der Waals surface area (Å²) in [6.45, 7) is 0.703. The third-order valence-electron chi connectivity index (χ3n) is 3.25. The number of ether oxygens (including phenoxy) is 1. The van der Waals surface area contributed by atoms with Gasteiger partial charge in [0.05, 0.1) is 5.41 Å². The van der Waals surface area contributed by atoms with Crippen LogP contribution in [0.5, 0.6) is 5.75 Å². The normalized spacial score (nSPS) is 18.9. The number of carboxylic acids is 1. The minimum absolute atomic E-state index is 0.327. The number of aromatic hydroxyl groups is 1. The molecule has 1 heterocycles. The Bertz CT molecular complexity index is 438. The van der Waals surface area contributed by atoms with Gasteiger partial charge in [-0.15, -0.1) is 0 Å². The lowest BCUT2D eigenvalue weighted by Crippen LogP contribution is -2.41. The summed E-state index contributed by atoms with van der Waals surface area (Å²) >= 11 is 0. The van der Waals surface area contributed by atoms with E-state index in [4.69, 9.17) is 4.74 Å². The van der Waals surface area contributed by atoms with Gasteiger partial charge in [0.1, 0.15) is 0 Å². The van der Waals surface area contributed by atoms with Gasteiger partial charge in [-0.1, -0.05) is 6.07 Å². The van der Waals surface area contributed by atoms with Gasteiger partial charge >= 0.3 is 5.97 Å². The largest absolute Gasteiger partial charge is 0.505 e. The van der Waals surface area contributed by atoms with Crippen molar-refractivity contribution in [2.75, 3.05) is 13.2 Å². The third-order valence-corrected chi connectivity index (χ3v) is 3.25. The zero-order valence-corrected chi connectivity index (χ0v) is 9.15. The van der Waals surface area contributed by atoms with Gasteiger partial charge in [-0.25, -0.2) is 4.39 Å². The molecule has 1 aliphatic heterocycles. The Kier molecular flexibility index (Phi) is 3.02. The van der Waals surface area contributed by atoms with Gasteiger partial charge in [0.15, 0.2) is 11.6 Å². The first-order valence-electron chi connectivity index (χ1n) is 5.36. The van der Waals surface area contributed by atoms with Crippen LogP contribution in [0.1, 0.15) is 18.4 Å². The SMILES string of the molecule is O=C(O)C1(c2ccc(F)c(O)c2)CCOCC1. The van der Waals surface area contributed by atoms with Crippen molar-refractivity contribution in [3.8, 4) is 5.75 Å². The second-order valence-electron chi connectivity index (χ2n) is 4.17. The molecular weight excluding hydrogens is 227 g/mol. The molecule has 17 heavy (non-hydrogen) atoms. The molecular formula is C12H13FO4. The highest BCUT2D eigenvalue weighted by atomic mass is 19.1. The van der Waals surface area contributed by atoms with Gasteiger partial charge in [-0.2, -0.15) is 0 Å². The average Bonchev–Trinajstić information content (AvgIpc) is 2.33. The van der Waals surface area contributed by atoms with Crippen molar-refractivity contribution in [2.24, 2.45) is 0 Å². The molecule has 0 saturated carbocycles. The van der Waals surface area contributed by atoms with Crippen molar-refractivity contribution in [2.45, 2.75) is 18.3 Å². The maximum Gasteiger partial charge on any atom is 0.314 e. The number of carbonyl (C=O) groups is 1. The van der Waals surface area contributed by atoms with Crippen LogP contribution in [0.15, 0.2) is 18.2 Å². The number of phenols is 1. The summed E-state index contributed by atoms with van der Waals surface area (Å²) in [5.41, 5.74) is -0.657. The van der Waals surface area contributed by atoms with Gasteiger partial charge < -0.3 is 14.9 Å². The maximum atomic E-state index is 13.0. The molecule has 2 rings (SSSR count). The van der Waals surface area contributed by atoms with E-state index >= 15 is 0 Å². The van der Waals surface area contributed by atoms with Gasteiger partial charge in [0, 0.05) is 13.2 Å². The van der Waals surface area contributed by atoms with E-state index in [9.17, 15) is 19.4 Å². The Morgan fingerprint density at radius 2 is 2.00 bits per heavy atom. The van der Waals surface area contributed by atoms with E-state index in [-0.39, 0.29) is 0 Å². The first-order chi connectivity index (χ1) is 8.06. The molecule has 0 spiro atoms. The van der Waals surface area contributed by atoms with E-state index in [0.717, 1.165) is 6.07 Å². The lowest BCUT2D eigenvalue weighted by atomic mass is 9.74. The molecule has 92 valence electrons. The predicted molar refractivity (Wildman–Crippen MR) is 57.4 cm³/mol. The Morgan fingerprint density at radius 1 is 1.35 bits per heavy atom. The molecule has 0 aliphatic carbocycles. The molecule has 2 N–H and O–H groups in total. The number of phenolic OH excluding ortho intramolecular Hbond substituents is 1. The fraction of sp³-hybridized carbons (Fsp3) is 0.417. The molecule has 1 aromatic rings. The first kappa shape index (κ1) is 11.9. The van der Waals surface area contributed by atoms with E-state index in [0.29, 0.717) is 31.6 Å². The highest BCUT2D eigenvalue weighted by molar-refractivity contribution is 5.81. The monoisotopic (exact) mass is 240 g/mol. The van der Waals surface area contributed by atoms with Gasteiger partial charge in [-0.3, -0.25) is 4.79 Å². The lowest BCUT2D eigenvalue weighted by Gasteiger charge is -2.33. The number of aliphatic carboxylic acids is 1. The highest BCUT2D eigenvalue weighted by Crippen LogP contribution is 2.37. The number of carboxylic acid groups (broad SMARTS) is 1. The second kappa shape index (κ2) is 4.33. The standard InChI is InChI=1S/C12H13FO4/c13-9-2-1-8(7-10(9)14)12(11(15)16)3-5-17-6-4-12/h1-2,7,14H,3-6H2,(H,15,16). The molecule has 0 unspecified atom stereocenters. The number of halogens is 1. The smallest absolute Gasteiger partial charge is 0.314 e. The Balaban J connectivity index is 2.45. The molecule has 0 atom stereocenters. The van der Waals surface area contributed by atoms with Crippen LogP contribution in [0.25, 0.3) is 0 Å².